The molecular weight excluding hydrogens is 544 g/mol. The Morgan fingerprint density at radius 1 is 0.975 bits per heavy atom. The van der Waals surface area contributed by atoms with E-state index >= 15 is 0 Å². The van der Waals surface area contributed by atoms with Crippen molar-refractivity contribution in [3.05, 3.63) is 104 Å². The summed E-state index contributed by atoms with van der Waals surface area (Å²) in [7, 11) is 1.43. The van der Waals surface area contributed by atoms with Crippen molar-refractivity contribution < 1.29 is 43.8 Å². The van der Waals surface area contributed by atoms with Crippen molar-refractivity contribution >= 4 is 46.6 Å². The summed E-state index contributed by atoms with van der Waals surface area (Å²) in [5.74, 6) is -2.28. The Kier molecular flexibility index (Phi) is 8.15. The quantitative estimate of drug-likeness (QED) is 0.196. The monoisotopic (exact) mass is 564 g/mol. The largest absolute Gasteiger partial charge is 0.493 e. The molecule has 0 bridgehead atoms. The van der Waals surface area contributed by atoms with Gasteiger partial charge >= 0.3 is 11.9 Å². The number of carbonyl (C=O) groups excluding carboxylic acids is 2. The van der Waals surface area contributed by atoms with Gasteiger partial charge in [-0.2, -0.15) is 0 Å². The smallest absolute Gasteiger partial charge is 0.335 e. The van der Waals surface area contributed by atoms with Gasteiger partial charge in [-0.3, -0.25) is 24.6 Å². The van der Waals surface area contributed by atoms with Gasteiger partial charge in [0.2, 0.25) is 0 Å². The number of carboxylic acids is 2. The van der Waals surface area contributed by atoms with Crippen molar-refractivity contribution in [2.75, 3.05) is 7.11 Å². The number of ether oxygens (including phenoxy) is 2. The molecule has 12 nitrogen and oxygen atoms in total. The highest BCUT2D eigenvalue weighted by Crippen LogP contribution is 2.36. The second-order valence-electron chi connectivity index (χ2n) is 8.37. The van der Waals surface area contributed by atoms with E-state index in [1.807, 2.05) is 0 Å². The minimum absolute atomic E-state index is 0.0133. The van der Waals surface area contributed by atoms with Crippen molar-refractivity contribution in [1.29, 1.82) is 0 Å². The van der Waals surface area contributed by atoms with Crippen molar-refractivity contribution in [3.8, 4) is 11.5 Å². The highest BCUT2D eigenvalue weighted by molar-refractivity contribution is 8.18. The van der Waals surface area contributed by atoms with E-state index in [1.54, 1.807) is 30.3 Å². The van der Waals surface area contributed by atoms with Crippen molar-refractivity contribution in [2.45, 2.75) is 13.2 Å². The maximum absolute atomic E-state index is 13.0. The zero-order valence-electron chi connectivity index (χ0n) is 20.7. The maximum Gasteiger partial charge on any atom is 0.335 e. The first-order valence-corrected chi connectivity index (χ1v) is 12.3. The lowest BCUT2D eigenvalue weighted by Gasteiger charge is -2.13. The van der Waals surface area contributed by atoms with E-state index in [0.29, 0.717) is 28.8 Å². The Morgan fingerprint density at radius 2 is 1.65 bits per heavy atom. The minimum atomic E-state index is -1.34. The average Bonchev–Trinajstić information content (AvgIpc) is 3.19. The molecule has 204 valence electrons. The number of hydrogen-bond donors (Lipinski definition) is 2. The Bertz CT molecular complexity index is 1570. The first-order valence-electron chi connectivity index (χ1n) is 11.5. The van der Waals surface area contributed by atoms with Gasteiger partial charge in [-0.15, -0.1) is 0 Å². The number of nitro benzene ring substituents is 1. The van der Waals surface area contributed by atoms with Gasteiger partial charge in [-0.05, 0) is 65.4 Å². The normalized spacial score (nSPS) is 13.9. The fourth-order valence-corrected chi connectivity index (χ4v) is 4.59. The van der Waals surface area contributed by atoms with Crippen molar-refractivity contribution in [1.82, 2.24) is 4.90 Å². The second-order valence-corrected chi connectivity index (χ2v) is 9.37. The van der Waals surface area contributed by atoms with Gasteiger partial charge in [0.25, 0.3) is 16.8 Å². The molecule has 3 aromatic carbocycles. The van der Waals surface area contributed by atoms with E-state index in [2.05, 4.69) is 0 Å². The minimum Gasteiger partial charge on any atom is -0.493 e. The van der Waals surface area contributed by atoms with E-state index in [0.717, 1.165) is 16.5 Å². The molecule has 1 aliphatic rings. The van der Waals surface area contributed by atoms with Gasteiger partial charge < -0.3 is 19.7 Å². The summed E-state index contributed by atoms with van der Waals surface area (Å²) in [4.78, 5) is 59.4. The standard InChI is InChI=1S/C27H20N2O10S/c1-38-22-10-16(4-9-21(22)39-14-15-2-5-17(6-3-15)25(31)32)11-23-24(30)28(27(35)40-23)13-19-8-7-18(26(33)34)12-20(19)29(36)37/h2-12H,13-14H2,1H3,(H,31,32)(H,33,34)/b23-11-. The topological polar surface area (TPSA) is 174 Å². The number of thioether (sulfide) groups is 1. The fourth-order valence-electron chi connectivity index (χ4n) is 3.76. The number of amides is 2. The van der Waals surface area contributed by atoms with Crippen LogP contribution >= 0.6 is 11.8 Å². The third-order valence-electron chi connectivity index (χ3n) is 5.81. The van der Waals surface area contributed by atoms with Crippen molar-refractivity contribution in [3.63, 3.8) is 0 Å². The van der Waals surface area contributed by atoms with Crippen LogP contribution in [-0.4, -0.2) is 50.2 Å². The molecule has 0 unspecified atom stereocenters. The summed E-state index contributed by atoms with van der Waals surface area (Å²) < 4.78 is 11.2. The van der Waals surface area contributed by atoms with E-state index in [4.69, 9.17) is 19.7 Å². The van der Waals surface area contributed by atoms with E-state index < -0.39 is 40.2 Å². The van der Waals surface area contributed by atoms with E-state index in [-0.39, 0.29) is 28.2 Å². The molecular formula is C27H20N2O10S. The molecule has 1 fully saturated rings. The summed E-state index contributed by atoms with van der Waals surface area (Å²) in [6.07, 6.45) is 1.48. The van der Waals surface area contributed by atoms with Crippen LogP contribution in [0.25, 0.3) is 6.08 Å². The Hall–Kier alpha value is -5.17. The molecule has 0 spiro atoms. The lowest BCUT2D eigenvalue weighted by Crippen LogP contribution is -2.28. The molecule has 0 saturated carbocycles. The molecule has 0 atom stereocenters. The third kappa shape index (κ3) is 6.10. The first kappa shape index (κ1) is 27.9. The lowest BCUT2D eigenvalue weighted by molar-refractivity contribution is -0.385. The van der Waals surface area contributed by atoms with Gasteiger partial charge in [0, 0.05) is 11.6 Å². The number of hydrogen-bond acceptors (Lipinski definition) is 9. The summed E-state index contributed by atoms with van der Waals surface area (Å²) in [5.41, 5.74) is 0.631. The molecule has 13 heteroatoms. The molecule has 4 rings (SSSR count). The average molecular weight is 565 g/mol. The lowest BCUT2D eigenvalue weighted by atomic mass is 10.1. The fraction of sp³-hybridized carbons (Fsp3) is 0.111. The van der Waals surface area contributed by atoms with Crippen molar-refractivity contribution in [2.24, 2.45) is 0 Å². The predicted molar refractivity (Wildman–Crippen MR) is 142 cm³/mol. The Morgan fingerprint density at radius 3 is 2.27 bits per heavy atom. The highest BCUT2D eigenvalue weighted by Gasteiger charge is 2.36. The van der Waals surface area contributed by atoms with Gasteiger partial charge in [-0.1, -0.05) is 18.2 Å². The number of benzene rings is 3. The Labute approximate surface area is 230 Å². The zero-order chi connectivity index (χ0) is 29.0. The van der Waals surface area contributed by atoms with Crippen LogP contribution < -0.4 is 9.47 Å². The van der Waals surface area contributed by atoms with Crippen LogP contribution in [0, 0.1) is 10.1 Å². The molecule has 0 radical (unpaired) electrons. The SMILES string of the molecule is COc1cc(/C=C2\SC(=O)N(Cc3ccc(C(=O)O)cc3[N+](=O)[O-])C2=O)ccc1OCc1ccc(C(=O)O)cc1. The molecule has 2 N–H and O–H groups in total. The first-order chi connectivity index (χ1) is 19.1. The summed E-state index contributed by atoms with van der Waals surface area (Å²) >= 11 is 0.667. The van der Waals surface area contributed by atoms with Gasteiger partial charge in [-0.25, -0.2) is 9.59 Å². The third-order valence-corrected chi connectivity index (χ3v) is 6.72. The van der Waals surface area contributed by atoms with Gasteiger partial charge in [0.1, 0.15) is 6.61 Å². The molecule has 1 saturated heterocycles. The maximum atomic E-state index is 13.0. The number of aromatic carboxylic acids is 2. The number of rotatable bonds is 10. The van der Waals surface area contributed by atoms with Crippen LogP contribution in [0.1, 0.15) is 37.4 Å². The van der Waals surface area contributed by atoms with Crippen LogP contribution in [-0.2, 0) is 17.9 Å². The zero-order valence-corrected chi connectivity index (χ0v) is 21.5. The predicted octanol–water partition coefficient (Wildman–Crippen LogP) is 4.82. The molecule has 1 heterocycles. The summed E-state index contributed by atoms with van der Waals surface area (Å²) in [6, 6.07) is 14.3. The molecule has 3 aromatic rings. The second kappa shape index (κ2) is 11.7. The van der Waals surface area contributed by atoms with E-state index in [9.17, 15) is 29.3 Å². The number of methoxy groups -OCH3 is 1. The van der Waals surface area contributed by atoms with Gasteiger partial charge in [0.05, 0.1) is 34.6 Å². The number of carboxylic acid groups (broad SMARTS) is 2. The van der Waals surface area contributed by atoms with Gasteiger partial charge in [0.15, 0.2) is 11.5 Å². The van der Waals surface area contributed by atoms with Crippen LogP contribution in [0.5, 0.6) is 11.5 Å². The highest BCUT2D eigenvalue weighted by atomic mass is 32.2. The van der Waals surface area contributed by atoms with E-state index in [1.165, 1.54) is 37.5 Å². The number of nitrogens with zero attached hydrogens (tertiary/aromatic N) is 2. The van der Waals surface area contributed by atoms with Crippen LogP contribution in [0.3, 0.4) is 0 Å². The molecule has 0 aliphatic carbocycles. The summed E-state index contributed by atoms with van der Waals surface area (Å²) in [5, 5.41) is 28.9. The van der Waals surface area contributed by atoms with Crippen LogP contribution in [0.2, 0.25) is 0 Å². The van der Waals surface area contributed by atoms with Crippen LogP contribution in [0.4, 0.5) is 10.5 Å². The molecule has 1 aliphatic heterocycles. The molecule has 40 heavy (non-hydrogen) atoms. The summed E-state index contributed by atoms with van der Waals surface area (Å²) in [6.45, 7) is -0.254. The van der Waals surface area contributed by atoms with Crippen LogP contribution in [0.15, 0.2) is 65.6 Å². The molecule has 2 amide bonds. The number of carbonyl (C=O) groups is 4. The number of nitro groups is 1. The molecule has 0 aromatic heterocycles. The Balaban J connectivity index is 1.49. The number of imide groups is 1.